The summed E-state index contributed by atoms with van der Waals surface area (Å²) in [5, 5.41) is 21.8. The molecule has 2 aliphatic carbocycles. The van der Waals surface area contributed by atoms with Crippen LogP contribution in [0.25, 0.3) is 0 Å². The molecular weight excluding hydrogens is 304 g/mol. The largest absolute Gasteiger partial charge is 0.458 e. The monoisotopic (exact) mass is 320 g/mol. The summed E-state index contributed by atoms with van der Waals surface area (Å²) < 4.78 is 5.52. The van der Waals surface area contributed by atoms with E-state index < -0.39 is 27.2 Å². The van der Waals surface area contributed by atoms with Crippen molar-refractivity contribution in [2.45, 2.75) is 38.7 Å². The van der Waals surface area contributed by atoms with Gasteiger partial charge < -0.3 is 4.74 Å². The average molecular weight is 320 g/mol. The molecule has 0 aliphatic heterocycles. The maximum atomic E-state index is 12.3. The normalized spacial score (nSPS) is 28.6. The number of ether oxygens (including phenoxy) is 1. The minimum atomic E-state index is -0.761. The molecule has 0 saturated heterocycles. The van der Waals surface area contributed by atoms with Gasteiger partial charge in [-0.2, -0.15) is 0 Å². The molecule has 0 amide bonds. The van der Waals surface area contributed by atoms with Crippen LogP contribution < -0.4 is 0 Å². The van der Waals surface area contributed by atoms with Crippen molar-refractivity contribution in [1.82, 2.24) is 0 Å². The van der Waals surface area contributed by atoms with E-state index in [2.05, 4.69) is 6.92 Å². The van der Waals surface area contributed by atoms with Gasteiger partial charge in [-0.1, -0.05) is 6.92 Å². The Labute approximate surface area is 131 Å². The van der Waals surface area contributed by atoms with Crippen molar-refractivity contribution >= 4 is 17.3 Å². The van der Waals surface area contributed by atoms with Crippen LogP contribution >= 0.6 is 0 Å². The summed E-state index contributed by atoms with van der Waals surface area (Å²) in [6.45, 7) is 2.07. The van der Waals surface area contributed by atoms with Crippen LogP contribution in [0.3, 0.4) is 0 Å². The summed E-state index contributed by atoms with van der Waals surface area (Å²) in [6.07, 6.45) is 3.66. The second-order valence-corrected chi connectivity index (χ2v) is 6.48. The molecule has 1 aromatic rings. The van der Waals surface area contributed by atoms with E-state index in [1.165, 1.54) is 0 Å². The summed E-state index contributed by atoms with van der Waals surface area (Å²) in [5.74, 6) is -0.177. The molecule has 23 heavy (non-hydrogen) atoms. The molecule has 0 radical (unpaired) electrons. The molecule has 3 atom stereocenters. The number of carbonyl (C=O) groups excluding carboxylic acids is 1. The van der Waals surface area contributed by atoms with Crippen molar-refractivity contribution in [3.63, 3.8) is 0 Å². The van der Waals surface area contributed by atoms with Crippen molar-refractivity contribution in [3.05, 3.63) is 44.0 Å². The zero-order valence-electron chi connectivity index (χ0n) is 12.6. The predicted octanol–water partition coefficient (Wildman–Crippen LogP) is 3.24. The lowest BCUT2D eigenvalue weighted by Gasteiger charge is -2.28. The highest BCUT2D eigenvalue weighted by Crippen LogP contribution is 2.61. The number of nitro groups is 2. The van der Waals surface area contributed by atoms with E-state index in [1.54, 1.807) is 0 Å². The van der Waals surface area contributed by atoms with Crippen LogP contribution in [0.15, 0.2) is 18.2 Å². The van der Waals surface area contributed by atoms with E-state index >= 15 is 0 Å². The number of nitro benzene ring substituents is 2. The zero-order chi connectivity index (χ0) is 16.8. The Bertz CT molecular complexity index is 671. The van der Waals surface area contributed by atoms with Gasteiger partial charge in [0.15, 0.2) is 0 Å². The highest BCUT2D eigenvalue weighted by Gasteiger charge is 2.58. The van der Waals surface area contributed by atoms with Crippen molar-refractivity contribution in [2.75, 3.05) is 0 Å². The van der Waals surface area contributed by atoms with E-state index in [4.69, 9.17) is 4.74 Å². The van der Waals surface area contributed by atoms with Gasteiger partial charge in [-0.25, -0.2) is 4.79 Å². The summed E-state index contributed by atoms with van der Waals surface area (Å²) in [6, 6.07) is 2.87. The summed E-state index contributed by atoms with van der Waals surface area (Å²) in [4.78, 5) is 32.5. The molecule has 2 fully saturated rings. The molecule has 0 heterocycles. The number of rotatable bonds is 4. The maximum absolute atomic E-state index is 12.3. The fraction of sp³-hybridized carbons (Fsp3) is 0.533. The van der Waals surface area contributed by atoms with E-state index in [9.17, 15) is 25.0 Å². The third-order valence-corrected chi connectivity index (χ3v) is 5.02. The fourth-order valence-corrected chi connectivity index (χ4v) is 3.49. The fourth-order valence-electron chi connectivity index (χ4n) is 3.49. The van der Waals surface area contributed by atoms with Crippen LogP contribution in [0.1, 0.15) is 43.0 Å². The quantitative estimate of drug-likeness (QED) is 0.478. The molecule has 1 aromatic carbocycles. The molecule has 2 saturated carbocycles. The zero-order valence-corrected chi connectivity index (χ0v) is 12.6. The summed E-state index contributed by atoms with van der Waals surface area (Å²) >= 11 is 0. The maximum Gasteiger partial charge on any atom is 0.338 e. The number of non-ortho nitro benzene ring substituents is 2. The average Bonchev–Trinajstić information content (AvgIpc) is 3.19. The number of hydrogen-bond donors (Lipinski definition) is 0. The van der Waals surface area contributed by atoms with Gasteiger partial charge in [-0.3, -0.25) is 20.2 Å². The van der Waals surface area contributed by atoms with Crippen LogP contribution in [0, 0.1) is 31.6 Å². The second kappa shape index (κ2) is 5.29. The van der Waals surface area contributed by atoms with E-state index in [1.807, 2.05) is 0 Å². The number of carbonyl (C=O) groups is 1. The highest BCUT2D eigenvalue weighted by atomic mass is 16.6. The SMILES string of the molecule is C[C@@]12C[C@H]1CCC[C@@H]2OC(=O)c1cc([N+](=O)[O-])cc([N+](=O)[O-])c1. The van der Waals surface area contributed by atoms with Gasteiger partial charge in [0.2, 0.25) is 0 Å². The van der Waals surface area contributed by atoms with Crippen LogP contribution in [-0.4, -0.2) is 21.9 Å². The predicted molar refractivity (Wildman–Crippen MR) is 79.0 cm³/mol. The number of fused-ring (bicyclic) bond motifs is 1. The Hall–Kier alpha value is -2.51. The van der Waals surface area contributed by atoms with Gasteiger partial charge in [0.25, 0.3) is 11.4 Å². The third-order valence-electron chi connectivity index (χ3n) is 5.02. The van der Waals surface area contributed by atoms with E-state index in [0.29, 0.717) is 5.92 Å². The topological polar surface area (TPSA) is 113 Å². The first-order chi connectivity index (χ1) is 10.8. The van der Waals surface area contributed by atoms with Crippen molar-refractivity contribution in [2.24, 2.45) is 11.3 Å². The molecule has 3 rings (SSSR count). The minimum absolute atomic E-state index is 0.0133. The Kier molecular flexibility index (Phi) is 3.54. The van der Waals surface area contributed by atoms with Crippen molar-refractivity contribution < 1.29 is 19.4 Å². The number of esters is 1. The van der Waals surface area contributed by atoms with Crippen LogP contribution in [-0.2, 0) is 4.74 Å². The molecular formula is C15H16N2O6. The first kappa shape index (κ1) is 15.4. The second-order valence-electron chi connectivity index (χ2n) is 6.48. The van der Waals surface area contributed by atoms with Crippen LogP contribution in [0.5, 0.6) is 0 Å². The molecule has 2 aliphatic rings. The lowest BCUT2D eigenvalue weighted by molar-refractivity contribution is -0.394. The highest BCUT2D eigenvalue weighted by molar-refractivity contribution is 5.91. The Morgan fingerprint density at radius 2 is 1.78 bits per heavy atom. The molecule has 122 valence electrons. The van der Waals surface area contributed by atoms with Gasteiger partial charge in [0.1, 0.15) is 6.10 Å². The lowest BCUT2D eigenvalue weighted by atomic mass is 9.87. The molecule has 0 spiro atoms. The molecule has 0 unspecified atom stereocenters. The molecule has 8 heteroatoms. The first-order valence-electron chi connectivity index (χ1n) is 7.46. The Morgan fingerprint density at radius 3 is 2.35 bits per heavy atom. The molecule has 8 nitrogen and oxygen atoms in total. The molecule has 0 bridgehead atoms. The molecule has 0 N–H and O–H groups in total. The number of benzene rings is 1. The van der Waals surface area contributed by atoms with E-state index in [-0.39, 0.29) is 17.1 Å². The minimum Gasteiger partial charge on any atom is -0.458 e. The van der Waals surface area contributed by atoms with Crippen molar-refractivity contribution in [3.8, 4) is 0 Å². The van der Waals surface area contributed by atoms with Gasteiger partial charge in [0, 0.05) is 17.5 Å². The van der Waals surface area contributed by atoms with Crippen molar-refractivity contribution in [1.29, 1.82) is 0 Å². The molecule has 0 aromatic heterocycles. The summed E-state index contributed by atoms with van der Waals surface area (Å²) in [7, 11) is 0. The number of nitrogens with zero attached hydrogens (tertiary/aromatic N) is 2. The number of hydrogen-bond acceptors (Lipinski definition) is 6. The summed E-state index contributed by atoms with van der Waals surface area (Å²) in [5.41, 5.74) is -1.16. The van der Waals surface area contributed by atoms with Gasteiger partial charge in [0.05, 0.1) is 21.5 Å². The first-order valence-corrected chi connectivity index (χ1v) is 7.46. The lowest BCUT2D eigenvalue weighted by Crippen LogP contribution is -2.30. The Morgan fingerprint density at radius 1 is 1.17 bits per heavy atom. The van der Waals surface area contributed by atoms with Gasteiger partial charge in [-0.15, -0.1) is 0 Å². The van der Waals surface area contributed by atoms with Gasteiger partial charge in [-0.05, 0) is 31.6 Å². The smallest absolute Gasteiger partial charge is 0.338 e. The Balaban J connectivity index is 1.84. The van der Waals surface area contributed by atoms with E-state index in [0.717, 1.165) is 43.9 Å². The third kappa shape index (κ3) is 2.76. The van der Waals surface area contributed by atoms with Crippen LogP contribution in [0.4, 0.5) is 11.4 Å². The van der Waals surface area contributed by atoms with Gasteiger partial charge >= 0.3 is 5.97 Å². The standard InChI is InChI=1S/C15H16N2O6/c1-15-8-10(15)3-2-4-13(15)23-14(18)9-5-11(16(19)20)7-12(6-9)17(21)22/h5-7,10,13H,2-4,8H2,1H3/t10-,13+,15-/m1/s1. The van der Waals surface area contributed by atoms with Crippen LogP contribution in [0.2, 0.25) is 0 Å².